The van der Waals surface area contributed by atoms with Crippen molar-refractivity contribution in [3.63, 3.8) is 0 Å². The van der Waals surface area contributed by atoms with E-state index >= 15 is 0 Å². The van der Waals surface area contributed by atoms with Crippen LogP contribution in [0.2, 0.25) is 8.67 Å². The van der Waals surface area contributed by atoms with E-state index in [9.17, 15) is 8.42 Å². The highest BCUT2D eigenvalue weighted by Gasteiger charge is 2.30. The summed E-state index contributed by atoms with van der Waals surface area (Å²) in [5.41, 5.74) is 5.42. The minimum Gasteiger partial charge on any atom is -0.392 e. The summed E-state index contributed by atoms with van der Waals surface area (Å²) in [6.07, 6.45) is 0. The van der Waals surface area contributed by atoms with Crippen LogP contribution >= 0.6 is 46.8 Å². The van der Waals surface area contributed by atoms with Crippen molar-refractivity contribution in [2.45, 2.75) is 24.8 Å². The maximum Gasteiger partial charge on any atom is 0.246 e. The Balaban J connectivity index is 3.25. The Bertz CT molecular complexity index is 554. The first-order chi connectivity index (χ1) is 8.16. The first kappa shape index (κ1) is 16.1. The molecule has 0 aliphatic rings. The number of thiocarbonyl (C=S) groups is 1. The van der Waals surface area contributed by atoms with Crippen molar-refractivity contribution in [3.8, 4) is 0 Å². The smallest absolute Gasteiger partial charge is 0.246 e. The number of halogens is 2. The van der Waals surface area contributed by atoms with E-state index in [-0.39, 0.29) is 26.8 Å². The molecule has 102 valence electrons. The third kappa shape index (κ3) is 3.55. The van der Waals surface area contributed by atoms with Crippen molar-refractivity contribution in [2.24, 2.45) is 5.73 Å². The summed E-state index contributed by atoms with van der Waals surface area (Å²) in [5, 5.41) is 0. The predicted molar refractivity (Wildman–Crippen MR) is 80.2 cm³/mol. The molecular weight excluding hydrogens is 335 g/mol. The normalized spacial score (nSPS) is 12.3. The van der Waals surface area contributed by atoms with Crippen LogP contribution in [-0.2, 0) is 10.0 Å². The molecule has 0 atom stereocenters. The van der Waals surface area contributed by atoms with Crippen molar-refractivity contribution in [1.29, 1.82) is 0 Å². The number of nitrogens with zero attached hydrogens (tertiary/aromatic N) is 1. The van der Waals surface area contributed by atoms with Gasteiger partial charge >= 0.3 is 0 Å². The van der Waals surface area contributed by atoms with Gasteiger partial charge in [0.1, 0.15) is 9.23 Å². The molecule has 0 unspecified atom stereocenters. The lowest BCUT2D eigenvalue weighted by Crippen LogP contribution is -2.42. The summed E-state index contributed by atoms with van der Waals surface area (Å²) in [6, 6.07) is 1.05. The van der Waals surface area contributed by atoms with E-state index in [1.54, 1.807) is 13.8 Å². The topological polar surface area (TPSA) is 63.4 Å². The summed E-state index contributed by atoms with van der Waals surface area (Å²) in [5.74, 6) is 0. The first-order valence-electron chi connectivity index (χ1n) is 4.91. The highest BCUT2D eigenvalue weighted by atomic mass is 35.5. The monoisotopic (exact) mass is 346 g/mol. The fraction of sp³-hybridized carbons (Fsp3) is 0.444. The highest BCUT2D eigenvalue weighted by Crippen LogP contribution is 2.36. The Hall–Kier alpha value is 0.0800. The SMILES string of the molecule is CC(C)N(CC(N)=S)S(=O)(=O)c1cc(Cl)sc1Cl. The summed E-state index contributed by atoms with van der Waals surface area (Å²) in [7, 11) is -3.75. The molecule has 0 bridgehead atoms. The lowest BCUT2D eigenvalue weighted by Gasteiger charge is -2.24. The summed E-state index contributed by atoms with van der Waals surface area (Å²) in [4.78, 5) is 0.0915. The molecule has 0 amide bonds. The van der Waals surface area contributed by atoms with Crippen LogP contribution in [0, 0.1) is 0 Å². The van der Waals surface area contributed by atoms with Crippen molar-refractivity contribution in [3.05, 3.63) is 14.7 Å². The average molecular weight is 347 g/mol. The van der Waals surface area contributed by atoms with Gasteiger partial charge in [0.05, 0.1) is 15.9 Å². The van der Waals surface area contributed by atoms with Gasteiger partial charge in [-0.1, -0.05) is 35.4 Å². The molecule has 1 aromatic heterocycles. The van der Waals surface area contributed by atoms with Gasteiger partial charge in [0, 0.05) is 6.04 Å². The van der Waals surface area contributed by atoms with E-state index in [2.05, 4.69) is 0 Å². The Morgan fingerprint density at radius 3 is 2.44 bits per heavy atom. The average Bonchev–Trinajstić information content (AvgIpc) is 2.54. The molecule has 0 saturated carbocycles. The number of hydrogen-bond donors (Lipinski definition) is 1. The van der Waals surface area contributed by atoms with Crippen LogP contribution in [0.15, 0.2) is 11.0 Å². The second-order valence-electron chi connectivity index (χ2n) is 3.80. The van der Waals surface area contributed by atoms with Crippen LogP contribution in [-0.4, -0.2) is 30.3 Å². The van der Waals surface area contributed by atoms with Gasteiger partial charge in [0.15, 0.2) is 0 Å². The van der Waals surface area contributed by atoms with Crippen molar-refractivity contribution in [2.75, 3.05) is 6.54 Å². The van der Waals surface area contributed by atoms with E-state index in [4.69, 9.17) is 41.2 Å². The number of hydrogen-bond acceptors (Lipinski definition) is 4. The molecule has 2 N–H and O–H groups in total. The Morgan fingerprint density at radius 2 is 2.11 bits per heavy atom. The molecule has 0 spiro atoms. The van der Waals surface area contributed by atoms with E-state index in [0.29, 0.717) is 4.34 Å². The second kappa shape index (κ2) is 6.02. The zero-order chi connectivity index (χ0) is 14.1. The van der Waals surface area contributed by atoms with E-state index in [1.165, 1.54) is 10.4 Å². The predicted octanol–water partition coefficient (Wildman–Crippen LogP) is 2.74. The van der Waals surface area contributed by atoms with Gasteiger partial charge in [-0.2, -0.15) is 4.31 Å². The number of nitrogens with two attached hydrogens (primary N) is 1. The van der Waals surface area contributed by atoms with Crippen LogP contribution in [0.4, 0.5) is 0 Å². The minimum absolute atomic E-state index is 0.0101. The van der Waals surface area contributed by atoms with Gasteiger partial charge in [-0.3, -0.25) is 0 Å². The molecule has 9 heteroatoms. The van der Waals surface area contributed by atoms with Gasteiger partial charge < -0.3 is 5.73 Å². The molecule has 0 aromatic carbocycles. The summed E-state index contributed by atoms with van der Waals surface area (Å²) >= 11 is 17.4. The molecule has 1 heterocycles. The lowest BCUT2D eigenvalue weighted by atomic mass is 10.4. The molecule has 0 aliphatic heterocycles. The molecule has 0 radical (unpaired) electrons. The van der Waals surface area contributed by atoms with Crippen LogP contribution in [0.25, 0.3) is 0 Å². The Kier molecular flexibility index (Phi) is 5.40. The third-order valence-electron chi connectivity index (χ3n) is 2.10. The standard InChI is InChI=1S/C9H12Cl2N2O2S3/c1-5(2)13(4-8(12)16)18(14,15)6-3-7(10)17-9(6)11/h3,5H,4H2,1-2H3,(H2,12,16). The van der Waals surface area contributed by atoms with E-state index in [0.717, 1.165) is 11.3 Å². The fourth-order valence-corrected chi connectivity index (χ4v) is 5.28. The van der Waals surface area contributed by atoms with Crippen LogP contribution in [0.3, 0.4) is 0 Å². The number of thiophene rings is 1. The molecule has 0 saturated heterocycles. The zero-order valence-corrected chi connectivity index (χ0v) is 13.6. The molecule has 1 aromatic rings. The summed E-state index contributed by atoms with van der Waals surface area (Å²) < 4.78 is 26.5. The van der Waals surface area contributed by atoms with Gasteiger partial charge in [-0.05, 0) is 19.9 Å². The minimum atomic E-state index is -3.75. The number of rotatable bonds is 5. The Morgan fingerprint density at radius 1 is 1.56 bits per heavy atom. The van der Waals surface area contributed by atoms with Crippen molar-refractivity contribution < 1.29 is 8.42 Å². The Labute approximate surface area is 126 Å². The summed E-state index contributed by atoms with van der Waals surface area (Å²) in [6.45, 7) is 3.44. The van der Waals surface area contributed by atoms with Gasteiger partial charge in [-0.15, -0.1) is 11.3 Å². The van der Waals surface area contributed by atoms with Crippen LogP contribution < -0.4 is 5.73 Å². The fourth-order valence-electron chi connectivity index (χ4n) is 1.33. The van der Waals surface area contributed by atoms with Crippen LogP contribution in [0.5, 0.6) is 0 Å². The molecule has 0 fully saturated rings. The number of sulfonamides is 1. The molecule has 4 nitrogen and oxygen atoms in total. The zero-order valence-electron chi connectivity index (χ0n) is 9.68. The lowest BCUT2D eigenvalue weighted by molar-refractivity contribution is 0.391. The van der Waals surface area contributed by atoms with Gasteiger partial charge in [0.2, 0.25) is 10.0 Å². The largest absolute Gasteiger partial charge is 0.392 e. The van der Waals surface area contributed by atoms with Gasteiger partial charge in [0.25, 0.3) is 0 Å². The maximum atomic E-state index is 12.4. The van der Waals surface area contributed by atoms with E-state index in [1.807, 2.05) is 0 Å². The van der Waals surface area contributed by atoms with Crippen molar-refractivity contribution in [1.82, 2.24) is 4.31 Å². The van der Waals surface area contributed by atoms with Crippen LogP contribution in [0.1, 0.15) is 13.8 Å². The molecular formula is C9H12Cl2N2O2S3. The second-order valence-corrected chi connectivity index (χ2v) is 8.47. The molecule has 0 aliphatic carbocycles. The molecule has 18 heavy (non-hydrogen) atoms. The third-order valence-corrected chi connectivity index (χ3v) is 6.00. The van der Waals surface area contributed by atoms with E-state index < -0.39 is 10.0 Å². The van der Waals surface area contributed by atoms with Gasteiger partial charge in [-0.25, -0.2) is 8.42 Å². The molecule has 1 rings (SSSR count). The first-order valence-corrected chi connectivity index (χ1v) is 8.33. The maximum absolute atomic E-state index is 12.4. The quantitative estimate of drug-likeness (QED) is 0.832. The highest BCUT2D eigenvalue weighted by molar-refractivity contribution is 7.89. The van der Waals surface area contributed by atoms with Crippen molar-refractivity contribution >= 4 is 61.8 Å².